The zero-order chi connectivity index (χ0) is 24.6. The molecule has 0 aromatic heterocycles. The van der Waals surface area contributed by atoms with Crippen molar-refractivity contribution >= 4 is 39.3 Å². The van der Waals surface area contributed by atoms with E-state index in [2.05, 4.69) is 21.0 Å². The molecule has 4 nitrogen and oxygen atoms in total. The Labute approximate surface area is 199 Å². The number of carbonyl (C=O) groups is 1. The zero-order valence-corrected chi connectivity index (χ0v) is 19.0. The molecular weight excluding hydrogens is 523 g/mol. The van der Waals surface area contributed by atoms with E-state index in [9.17, 15) is 26.7 Å². The average Bonchev–Trinajstić information content (AvgIpc) is 3.10. The van der Waals surface area contributed by atoms with Crippen molar-refractivity contribution in [1.82, 2.24) is 0 Å². The minimum atomic E-state index is -2.32. The van der Waals surface area contributed by atoms with Gasteiger partial charge in [-0.2, -0.15) is 10.1 Å². The highest BCUT2D eigenvalue weighted by Gasteiger charge is 2.37. The van der Waals surface area contributed by atoms with Crippen LogP contribution in [0.5, 0.6) is 5.75 Å². The minimum Gasteiger partial charge on any atom is -0.488 e. The molecule has 0 unspecified atom stereocenters. The monoisotopic (exact) mass is 536 g/mol. The van der Waals surface area contributed by atoms with E-state index in [1.54, 1.807) is 18.2 Å². The summed E-state index contributed by atoms with van der Waals surface area (Å²) >= 11 is 3.33. The van der Waals surface area contributed by atoms with Gasteiger partial charge in [0.25, 0.3) is 5.91 Å². The van der Waals surface area contributed by atoms with Crippen LogP contribution in [0.25, 0.3) is 6.08 Å². The molecule has 0 saturated heterocycles. The largest absolute Gasteiger partial charge is 0.488 e. The van der Waals surface area contributed by atoms with Gasteiger partial charge in [0.1, 0.15) is 18.0 Å². The van der Waals surface area contributed by atoms with E-state index >= 15 is 0 Å². The lowest BCUT2D eigenvalue weighted by Gasteiger charge is -2.15. The number of halogens is 6. The van der Waals surface area contributed by atoms with E-state index < -0.39 is 40.7 Å². The SMILES string of the molecule is CC1=NN(c2c(F)c(F)c(F)c(F)c2F)C(=O)/C1=C/c1cc(Br)ccc1OCc1ccccc1. The molecule has 0 bridgehead atoms. The summed E-state index contributed by atoms with van der Waals surface area (Å²) in [6.45, 7) is 1.61. The summed E-state index contributed by atoms with van der Waals surface area (Å²) in [6.07, 6.45) is 1.37. The van der Waals surface area contributed by atoms with Crippen LogP contribution < -0.4 is 9.75 Å². The van der Waals surface area contributed by atoms with Crippen molar-refractivity contribution in [3.05, 3.63) is 98.8 Å². The van der Waals surface area contributed by atoms with Crippen LogP contribution in [0.3, 0.4) is 0 Å². The third-order valence-electron chi connectivity index (χ3n) is 4.97. The fraction of sp³-hybridized carbons (Fsp3) is 0.0833. The first-order valence-electron chi connectivity index (χ1n) is 9.78. The number of hydrogen-bond donors (Lipinski definition) is 0. The van der Waals surface area contributed by atoms with Crippen LogP contribution in [0.4, 0.5) is 27.6 Å². The molecule has 0 aliphatic carbocycles. The summed E-state index contributed by atoms with van der Waals surface area (Å²) in [6, 6.07) is 14.3. The maximum atomic E-state index is 14.3. The number of ether oxygens (including phenoxy) is 1. The number of nitrogens with zero attached hydrogens (tertiary/aromatic N) is 2. The molecule has 0 spiro atoms. The zero-order valence-electron chi connectivity index (χ0n) is 17.4. The van der Waals surface area contributed by atoms with Gasteiger partial charge in [0, 0.05) is 10.0 Å². The van der Waals surface area contributed by atoms with Gasteiger partial charge in [-0.3, -0.25) is 4.79 Å². The number of hydrazone groups is 1. The number of benzene rings is 3. The fourth-order valence-corrected chi connectivity index (χ4v) is 3.65. The second-order valence-electron chi connectivity index (χ2n) is 7.24. The number of amides is 1. The normalized spacial score (nSPS) is 14.7. The van der Waals surface area contributed by atoms with Crippen LogP contribution in [-0.2, 0) is 11.4 Å². The molecule has 0 atom stereocenters. The van der Waals surface area contributed by atoms with Gasteiger partial charge >= 0.3 is 0 Å². The van der Waals surface area contributed by atoms with Gasteiger partial charge < -0.3 is 4.74 Å². The summed E-state index contributed by atoms with van der Waals surface area (Å²) in [5.41, 5.74) is -0.202. The molecular formula is C24H14BrF5N2O2. The Bertz CT molecular complexity index is 1330. The topological polar surface area (TPSA) is 41.9 Å². The van der Waals surface area contributed by atoms with Gasteiger partial charge in [-0.1, -0.05) is 46.3 Å². The van der Waals surface area contributed by atoms with Gasteiger partial charge in [-0.15, -0.1) is 0 Å². The van der Waals surface area contributed by atoms with Crippen LogP contribution in [0.1, 0.15) is 18.1 Å². The quantitative estimate of drug-likeness (QED) is 0.161. The van der Waals surface area contributed by atoms with Gasteiger partial charge in [-0.25, -0.2) is 22.0 Å². The first kappa shape index (κ1) is 23.6. The summed E-state index contributed by atoms with van der Waals surface area (Å²) in [4.78, 5) is 12.9. The predicted molar refractivity (Wildman–Crippen MR) is 120 cm³/mol. The Morgan fingerprint density at radius 2 is 1.56 bits per heavy atom. The van der Waals surface area contributed by atoms with Crippen LogP contribution >= 0.6 is 15.9 Å². The minimum absolute atomic E-state index is 0.0166. The predicted octanol–water partition coefficient (Wildman–Crippen LogP) is 6.53. The number of carbonyl (C=O) groups excluding carboxylic acids is 1. The molecule has 0 saturated carbocycles. The Kier molecular flexibility index (Phi) is 6.52. The van der Waals surface area contributed by atoms with Gasteiger partial charge in [0.15, 0.2) is 23.3 Å². The van der Waals surface area contributed by atoms with Crippen molar-refractivity contribution in [1.29, 1.82) is 0 Å². The molecule has 4 rings (SSSR count). The van der Waals surface area contributed by atoms with Crippen LogP contribution in [0.15, 0.2) is 63.7 Å². The van der Waals surface area contributed by atoms with Gasteiger partial charge in [0.05, 0.1) is 11.3 Å². The number of hydrogen-bond acceptors (Lipinski definition) is 3. The summed E-state index contributed by atoms with van der Waals surface area (Å²) < 4.78 is 75.8. The summed E-state index contributed by atoms with van der Waals surface area (Å²) in [5.74, 6) is -11.6. The number of anilines is 1. The highest BCUT2D eigenvalue weighted by atomic mass is 79.9. The van der Waals surface area contributed by atoms with Crippen LogP contribution in [0.2, 0.25) is 0 Å². The molecule has 0 fully saturated rings. The molecule has 174 valence electrons. The fourth-order valence-electron chi connectivity index (χ4n) is 3.27. The first-order valence-corrected chi connectivity index (χ1v) is 10.6. The lowest BCUT2D eigenvalue weighted by molar-refractivity contribution is -0.114. The van der Waals surface area contributed by atoms with E-state index in [0.29, 0.717) is 15.8 Å². The smallest absolute Gasteiger partial charge is 0.280 e. The van der Waals surface area contributed by atoms with E-state index in [1.807, 2.05) is 30.3 Å². The molecule has 34 heavy (non-hydrogen) atoms. The Hall–Kier alpha value is -3.53. The Balaban J connectivity index is 1.71. The molecule has 3 aromatic rings. The van der Waals surface area contributed by atoms with Crippen molar-refractivity contribution in [3.8, 4) is 5.75 Å². The molecule has 1 amide bonds. The molecule has 1 heterocycles. The Morgan fingerprint density at radius 3 is 2.21 bits per heavy atom. The standard InChI is InChI=1S/C24H14BrF5N2O2/c1-12-16(24(33)32(31-12)23-21(29)19(27)18(26)20(28)22(23)30)10-14-9-15(25)7-8-17(14)34-11-13-5-3-2-4-6-13/h2-10H,11H2,1H3/b16-10+. The van der Waals surface area contributed by atoms with Crippen molar-refractivity contribution in [3.63, 3.8) is 0 Å². The Morgan fingerprint density at radius 1 is 0.941 bits per heavy atom. The van der Waals surface area contributed by atoms with E-state index in [1.165, 1.54) is 13.0 Å². The average molecular weight is 537 g/mol. The maximum absolute atomic E-state index is 14.3. The summed E-state index contributed by atoms with van der Waals surface area (Å²) in [7, 11) is 0. The third kappa shape index (κ3) is 4.33. The van der Waals surface area contributed by atoms with Crippen molar-refractivity contribution in [2.75, 3.05) is 5.01 Å². The lowest BCUT2D eigenvalue weighted by atomic mass is 10.1. The molecule has 10 heteroatoms. The van der Waals surface area contributed by atoms with Gasteiger partial charge in [0.2, 0.25) is 5.82 Å². The molecule has 1 aliphatic rings. The third-order valence-corrected chi connectivity index (χ3v) is 5.46. The van der Waals surface area contributed by atoms with Crippen molar-refractivity contribution < 1.29 is 31.5 Å². The second-order valence-corrected chi connectivity index (χ2v) is 8.15. The van der Waals surface area contributed by atoms with E-state index in [0.717, 1.165) is 5.56 Å². The maximum Gasteiger partial charge on any atom is 0.280 e. The highest BCUT2D eigenvalue weighted by molar-refractivity contribution is 9.10. The highest BCUT2D eigenvalue weighted by Crippen LogP contribution is 2.35. The van der Waals surface area contributed by atoms with E-state index in [4.69, 9.17) is 4.74 Å². The summed E-state index contributed by atoms with van der Waals surface area (Å²) in [5, 5.41) is 3.91. The molecule has 3 aromatic carbocycles. The van der Waals surface area contributed by atoms with Crippen molar-refractivity contribution in [2.45, 2.75) is 13.5 Å². The van der Waals surface area contributed by atoms with Gasteiger partial charge in [-0.05, 0) is 36.8 Å². The molecule has 0 radical (unpaired) electrons. The lowest BCUT2D eigenvalue weighted by Crippen LogP contribution is -2.25. The molecule has 0 N–H and O–H groups in total. The van der Waals surface area contributed by atoms with Crippen LogP contribution in [-0.4, -0.2) is 11.6 Å². The van der Waals surface area contributed by atoms with E-state index in [-0.39, 0.29) is 22.9 Å². The van der Waals surface area contributed by atoms with Crippen LogP contribution in [0, 0.1) is 29.1 Å². The van der Waals surface area contributed by atoms with Crippen molar-refractivity contribution in [2.24, 2.45) is 5.10 Å². The second kappa shape index (κ2) is 9.38. The molecule has 1 aliphatic heterocycles. The first-order chi connectivity index (χ1) is 16.2. The number of rotatable bonds is 5.